The highest BCUT2D eigenvalue weighted by atomic mass is 32.1. The highest BCUT2D eigenvalue weighted by Crippen LogP contribution is 2.26. The molecule has 2 heterocycles. The summed E-state index contributed by atoms with van der Waals surface area (Å²) in [5.41, 5.74) is 3.97. The lowest BCUT2D eigenvalue weighted by atomic mass is 10.0. The van der Waals surface area contributed by atoms with E-state index in [1.165, 1.54) is 0 Å². The van der Waals surface area contributed by atoms with Gasteiger partial charge in [-0.15, -0.1) is 11.3 Å². The molecule has 1 aromatic heterocycles. The van der Waals surface area contributed by atoms with Crippen LogP contribution >= 0.6 is 11.3 Å². The van der Waals surface area contributed by atoms with Gasteiger partial charge in [-0.25, -0.2) is 4.98 Å². The smallest absolute Gasteiger partial charge is 0.254 e. The van der Waals surface area contributed by atoms with E-state index in [2.05, 4.69) is 10.3 Å². The first kappa shape index (κ1) is 15.8. The van der Waals surface area contributed by atoms with Crippen LogP contribution in [0.25, 0.3) is 10.2 Å². The zero-order valence-electron chi connectivity index (χ0n) is 13.5. The lowest BCUT2D eigenvalue weighted by molar-refractivity contribution is -0.125. The third kappa shape index (κ3) is 3.00. The molecule has 0 radical (unpaired) electrons. The molecule has 1 aliphatic rings. The number of nitrogens with one attached hydrogen (secondary N) is 1. The molecule has 2 amide bonds. The standard InChI is InChI=1S/C19H17N3O2S/c23-18-17(13-5-2-1-3-6-13)22(10-4-9-20-18)19(24)14-7-8-16-15(11-14)21-12-25-16/h1-3,5-8,11-12,17H,4,9-10H2,(H,20,23). The number of nitrogens with zero attached hydrogens (tertiary/aromatic N) is 2. The van der Waals surface area contributed by atoms with Crippen LogP contribution in [0.2, 0.25) is 0 Å². The van der Waals surface area contributed by atoms with E-state index in [1.54, 1.807) is 27.8 Å². The van der Waals surface area contributed by atoms with Gasteiger partial charge in [-0.1, -0.05) is 30.3 Å². The number of benzene rings is 2. The molecular weight excluding hydrogens is 334 g/mol. The Hall–Kier alpha value is -2.73. The fourth-order valence-electron chi connectivity index (χ4n) is 3.17. The average molecular weight is 351 g/mol. The predicted octanol–water partition coefficient (Wildman–Crippen LogP) is 3.00. The van der Waals surface area contributed by atoms with Gasteiger partial charge in [-0.3, -0.25) is 9.59 Å². The molecule has 1 saturated heterocycles. The van der Waals surface area contributed by atoms with Gasteiger partial charge in [0.15, 0.2) is 0 Å². The van der Waals surface area contributed by atoms with Gasteiger partial charge in [0.05, 0.1) is 15.7 Å². The number of carbonyl (C=O) groups is 2. The summed E-state index contributed by atoms with van der Waals surface area (Å²) in [4.78, 5) is 31.7. The van der Waals surface area contributed by atoms with Gasteiger partial charge in [0.2, 0.25) is 5.91 Å². The van der Waals surface area contributed by atoms with Crippen LogP contribution < -0.4 is 5.32 Å². The SMILES string of the molecule is O=C1NCCCN(C(=O)c2ccc3scnc3c2)C1c1ccccc1. The number of amides is 2. The van der Waals surface area contributed by atoms with Gasteiger partial charge in [-0.2, -0.15) is 0 Å². The van der Waals surface area contributed by atoms with Crippen molar-refractivity contribution >= 4 is 33.4 Å². The number of carbonyl (C=O) groups excluding carboxylic acids is 2. The summed E-state index contributed by atoms with van der Waals surface area (Å²) in [5, 5.41) is 2.91. The lowest BCUT2D eigenvalue weighted by Gasteiger charge is -2.29. The van der Waals surface area contributed by atoms with Crippen molar-refractivity contribution in [3.8, 4) is 0 Å². The first-order valence-electron chi connectivity index (χ1n) is 8.21. The average Bonchev–Trinajstić information content (AvgIpc) is 3.03. The highest BCUT2D eigenvalue weighted by molar-refractivity contribution is 7.16. The monoisotopic (exact) mass is 351 g/mol. The van der Waals surface area contributed by atoms with Crippen molar-refractivity contribution in [2.24, 2.45) is 0 Å². The molecule has 25 heavy (non-hydrogen) atoms. The topological polar surface area (TPSA) is 62.3 Å². The molecule has 0 saturated carbocycles. The maximum Gasteiger partial charge on any atom is 0.254 e. The number of hydrogen-bond donors (Lipinski definition) is 1. The van der Waals surface area contributed by atoms with E-state index >= 15 is 0 Å². The molecule has 1 N–H and O–H groups in total. The Morgan fingerprint density at radius 2 is 2.04 bits per heavy atom. The highest BCUT2D eigenvalue weighted by Gasteiger charge is 2.33. The number of thiazole rings is 1. The Bertz CT molecular complexity index is 923. The van der Waals surface area contributed by atoms with E-state index in [0.717, 1.165) is 22.2 Å². The summed E-state index contributed by atoms with van der Waals surface area (Å²) in [6.45, 7) is 1.11. The predicted molar refractivity (Wildman–Crippen MR) is 97.5 cm³/mol. The Morgan fingerprint density at radius 3 is 2.88 bits per heavy atom. The quantitative estimate of drug-likeness (QED) is 0.772. The number of hydrogen-bond acceptors (Lipinski definition) is 4. The van der Waals surface area contributed by atoms with Crippen LogP contribution in [-0.4, -0.2) is 34.8 Å². The molecule has 1 fully saturated rings. The maximum absolute atomic E-state index is 13.2. The third-order valence-electron chi connectivity index (χ3n) is 4.39. The summed E-state index contributed by atoms with van der Waals surface area (Å²) in [6, 6.07) is 14.4. The fraction of sp³-hybridized carbons (Fsp3) is 0.211. The van der Waals surface area contributed by atoms with E-state index in [-0.39, 0.29) is 11.8 Å². The molecule has 1 aliphatic heterocycles. The molecule has 2 aromatic carbocycles. The summed E-state index contributed by atoms with van der Waals surface area (Å²) in [5.74, 6) is -0.271. The molecule has 1 unspecified atom stereocenters. The molecule has 0 spiro atoms. The van der Waals surface area contributed by atoms with Crippen molar-refractivity contribution in [1.82, 2.24) is 15.2 Å². The molecule has 3 aromatic rings. The van der Waals surface area contributed by atoms with E-state index in [1.807, 2.05) is 42.5 Å². The second-order valence-electron chi connectivity index (χ2n) is 5.99. The van der Waals surface area contributed by atoms with Gasteiger partial charge in [-0.05, 0) is 30.2 Å². The van der Waals surface area contributed by atoms with Gasteiger partial charge < -0.3 is 10.2 Å². The van der Waals surface area contributed by atoms with Crippen molar-refractivity contribution in [2.45, 2.75) is 12.5 Å². The normalized spacial score (nSPS) is 18.0. The Labute approximate surface area is 149 Å². The van der Waals surface area contributed by atoms with Gasteiger partial charge in [0.25, 0.3) is 5.91 Å². The minimum Gasteiger partial charge on any atom is -0.354 e. The van der Waals surface area contributed by atoms with E-state index in [9.17, 15) is 9.59 Å². The Morgan fingerprint density at radius 1 is 1.20 bits per heavy atom. The summed E-state index contributed by atoms with van der Waals surface area (Å²) < 4.78 is 1.05. The van der Waals surface area contributed by atoms with Crippen LogP contribution in [0, 0.1) is 0 Å². The van der Waals surface area contributed by atoms with E-state index < -0.39 is 6.04 Å². The first-order chi connectivity index (χ1) is 12.2. The minimum absolute atomic E-state index is 0.133. The molecule has 126 valence electrons. The van der Waals surface area contributed by atoms with Crippen LogP contribution in [0.4, 0.5) is 0 Å². The molecule has 4 rings (SSSR count). The van der Waals surface area contributed by atoms with Crippen molar-refractivity contribution in [1.29, 1.82) is 0 Å². The lowest BCUT2D eigenvalue weighted by Crippen LogP contribution is -2.40. The molecule has 6 heteroatoms. The molecule has 0 bridgehead atoms. The van der Waals surface area contributed by atoms with Crippen molar-refractivity contribution < 1.29 is 9.59 Å². The first-order valence-corrected chi connectivity index (χ1v) is 9.09. The Balaban J connectivity index is 1.73. The van der Waals surface area contributed by atoms with Crippen molar-refractivity contribution in [2.75, 3.05) is 13.1 Å². The van der Waals surface area contributed by atoms with Gasteiger partial charge in [0, 0.05) is 18.7 Å². The summed E-state index contributed by atoms with van der Waals surface area (Å²) >= 11 is 1.54. The zero-order chi connectivity index (χ0) is 17.2. The fourth-order valence-corrected chi connectivity index (χ4v) is 3.83. The van der Waals surface area contributed by atoms with E-state index in [4.69, 9.17) is 0 Å². The van der Waals surface area contributed by atoms with Crippen LogP contribution in [0.5, 0.6) is 0 Å². The number of aromatic nitrogens is 1. The van der Waals surface area contributed by atoms with Gasteiger partial charge in [0.1, 0.15) is 6.04 Å². The second kappa shape index (κ2) is 6.64. The van der Waals surface area contributed by atoms with Crippen LogP contribution in [-0.2, 0) is 4.79 Å². The van der Waals surface area contributed by atoms with E-state index in [0.29, 0.717) is 18.7 Å². The second-order valence-corrected chi connectivity index (χ2v) is 6.88. The third-order valence-corrected chi connectivity index (χ3v) is 5.20. The largest absolute Gasteiger partial charge is 0.354 e. The molecular formula is C19H17N3O2S. The number of fused-ring (bicyclic) bond motifs is 1. The minimum atomic E-state index is -0.609. The molecule has 1 atom stereocenters. The summed E-state index contributed by atoms with van der Waals surface area (Å²) in [7, 11) is 0. The van der Waals surface area contributed by atoms with Crippen LogP contribution in [0.3, 0.4) is 0 Å². The summed E-state index contributed by atoms with van der Waals surface area (Å²) in [6.07, 6.45) is 0.736. The zero-order valence-corrected chi connectivity index (χ0v) is 14.3. The van der Waals surface area contributed by atoms with Crippen LogP contribution in [0.1, 0.15) is 28.4 Å². The van der Waals surface area contributed by atoms with Crippen molar-refractivity contribution in [3.63, 3.8) is 0 Å². The van der Waals surface area contributed by atoms with Gasteiger partial charge >= 0.3 is 0 Å². The molecule has 5 nitrogen and oxygen atoms in total. The number of rotatable bonds is 2. The molecule has 0 aliphatic carbocycles. The van der Waals surface area contributed by atoms with Crippen LogP contribution in [0.15, 0.2) is 54.0 Å². The Kier molecular flexibility index (Phi) is 4.19. The van der Waals surface area contributed by atoms with Crippen molar-refractivity contribution in [3.05, 3.63) is 65.2 Å². The maximum atomic E-state index is 13.2.